The van der Waals surface area contributed by atoms with Crippen LogP contribution in [0.25, 0.3) is 0 Å². The second-order valence-corrected chi connectivity index (χ2v) is 6.25. The zero-order chi connectivity index (χ0) is 15.4. The lowest BCUT2D eigenvalue weighted by Crippen LogP contribution is -2.55. The molecule has 0 aliphatic rings. The predicted octanol–water partition coefficient (Wildman–Crippen LogP) is 3.12. The maximum absolute atomic E-state index is 11.4. The SMILES string of the molecule is C=C(C)C(=O)OCC[N+](C)(C)C(C)(C)c1ccccc1. The van der Waals surface area contributed by atoms with Crippen LogP contribution in [0.1, 0.15) is 26.3 Å². The molecule has 0 aliphatic carbocycles. The van der Waals surface area contributed by atoms with Crippen molar-refractivity contribution in [2.45, 2.75) is 26.3 Å². The molecule has 0 fully saturated rings. The number of hydrogen-bond acceptors (Lipinski definition) is 2. The van der Waals surface area contributed by atoms with Crippen LogP contribution in [0.5, 0.6) is 0 Å². The highest BCUT2D eigenvalue weighted by Gasteiger charge is 2.38. The standard InChI is InChI=1S/C17H26NO2/c1-14(2)16(19)20-13-12-18(5,6)17(3,4)15-10-8-7-9-11-15/h7-11H,1,12-13H2,2-6H3/q+1. The minimum atomic E-state index is -0.317. The quantitative estimate of drug-likeness (QED) is 0.453. The van der Waals surface area contributed by atoms with Crippen LogP contribution >= 0.6 is 0 Å². The molecular formula is C17H26NO2+. The molecule has 0 aliphatic heterocycles. The van der Waals surface area contributed by atoms with E-state index in [9.17, 15) is 4.79 Å². The van der Waals surface area contributed by atoms with E-state index in [1.54, 1.807) is 6.92 Å². The number of quaternary nitrogens is 1. The van der Waals surface area contributed by atoms with E-state index < -0.39 is 0 Å². The van der Waals surface area contributed by atoms with Crippen molar-refractivity contribution in [1.29, 1.82) is 0 Å². The van der Waals surface area contributed by atoms with Crippen LogP contribution in [0.4, 0.5) is 0 Å². The number of esters is 1. The minimum absolute atomic E-state index is 0.0586. The lowest BCUT2D eigenvalue weighted by atomic mass is 9.90. The summed E-state index contributed by atoms with van der Waals surface area (Å²) in [5, 5.41) is 0. The Hall–Kier alpha value is -1.61. The van der Waals surface area contributed by atoms with Gasteiger partial charge in [0.2, 0.25) is 0 Å². The highest BCUT2D eigenvalue weighted by Crippen LogP contribution is 2.31. The molecule has 3 nitrogen and oxygen atoms in total. The molecule has 0 aromatic heterocycles. The molecule has 0 unspecified atom stereocenters. The van der Waals surface area contributed by atoms with E-state index in [0.717, 1.165) is 11.0 Å². The molecule has 1 rings (SSSR count). The Morgan fingerprint density at radius 2 is 1.80 bits per heavy atom. The van der Waals surface area contributed by atoms with E-state index in [4.69, 9.17) is 4.74 Å². The minimum Gasteiger partial charge on any atom is -0.456 e. The fourth-order valence-corrected chi connectivity index (χ4v) is 1.96. The summed E-state index contributed by atoms with van der Waals surface area (Å²) < 4.78 is 5.95. The predicted molar refractivity (Wildman–Crippen MR) is 82.2 cm³/mol. The van der Waals surface area contributed by atoms with Crippen LogP contribution < -0.4 is 0 Å². The van der Waals surface area contributed by atoms with Gasteiger partial charge in [0, 0.05) is 11.1 Å². The molecule has 110 valence electrons. The summed E-state index contributed by atoms with van der Waals surface area (Å²) in [4.78, 5) is 11.4. The van der Waals surface area contributed by atoms with Crippen LogP contribution in [-0.4, -0.2) is 37.7 Å². The third-order valence-electron chi connectivity index (χ3n) is 4.23. The Bertz CT molecular complexity index is 475. The Balaban J connectivity index is 2.72. The number of hydrogen-bond donors (Lipinski definition) is 0. The van der Waals surface area contributed by atoms with Crippen molar-refractivity contribution in [3.8, 4) is 0 Å². The van der Waals surface area contributed by atoms with Crippen LogP contribution in [0.2, 0.25) is 0 Å². The highest BCUT2D eigenvalue weighted by molar-refractivity contribution is 5.86. The van der Waals surface area contributed by atoms with Crippen LogP contribution in [0, 0.1) is 0 Å². The molecule has 3 heteroatoms. The first kappa shape index (κ1) is 16.4. The molecule has 0 N–H and O–H groups in total. The van der Waals surface area contributed by atoms with Gasteiger partial charge in [0.15, 0.2) is 0 Å². The van der Waals surface area contributed by atoms with Gasteiger partial charge in [-0.05, 0) is 20.8 Å². The molecule has 1 aromatic rings. The topological polar surface area (TPSA) is 26.3 Å². The van der Waals surface area contributed by atoms with Gasteiger partial charge >= 0.3 is 5.97 Å². The largest absolute Gasteiger partial charge is 0.456 e. The van der Waals surface area contributed by atoms with E-state index in [2.05, 4.69) is 58.8 Å². The normalized spacial score (nSPS) is 12.1. The maximum atomic E-state index is 11.4. The van der Waals surface area contributed by atoms with Crippen LogP contribution in [0.15, 0.2) is 42.5 Å². The Labute approximate surface area is 122 Å². The van der Waals surface area contributed by atoms with Crippen molar-refractivity contribution in [2.75, 3.05) is 27.2 Å². The summed E-state index contributed by atoms with van der Waals surface area (Å²) in [6.07, 6.45) is 0. The van der Waals surface area contributed by atoms with Gasteiger partial charge in [-0.3, -0.25) is 0 Å². The fraction of sp³-hybridized carbons (Fsp3) is 0.471. The summed E-state index contributed by atoms with van der Waals surface area (Å²) in [7, 11) is 4.31. The number of carbonyl (C=O) groups is 1. The molecule has 0 saturated carbocycles. The third-order valence-corrected chi connectivity index (χ3v) is 4.23. The zero-order valence-electron chi connectivity index (χ0n) is 13.3. The Morgan fingerprint density at radius 1 is 1.25 bits per heavy atom. The van der Waals surface area contributed by atoms with Gasteiger partial charge in [0.25, 0.3) is 0 Å². The van der Waals surface area contributed by atoms with E-state index in [0.29, 0.717) is 12.2 Å². The van der Waals surface area contributed by atoms with Crippen molar-refractivity contribution in [3.63, 3.8) is 0 Å². The fourth-order valence-electron chi connectivity index (χ4n) is 1.96. The molecule has 1 aromatic carbocycles. The van der Waals surface area contributed by atoms with Gasteiger partial charge in [-0.1, -0.05) is 36.9 Å². The molecule has 0 heterocycles. The van der Waals surface area contributed by atoms with Crippen molar-refractivity contribution >= 4 is 5.97 Å². The first-order chi connectivity index (χ1) is 9.18. The number of benzene rings is 1. The van der Waals surface area contributed by atoms with Crippen LogP contribution in [0.3, 0.4) is 0 Å². The summed E-state index contributed by atoms with van der Waals surface area (Å²) >= 11 is 0. The lowest BCUT2D eigenvalue weighted by Gasteiger charge is -2.44. The number of likely N-dealkylation sites (N-methyl/N-ethyl adjacent to an activating group) is 1. The summed E-state index contributed by atoms with van der Waals surface area (Å²) in [6, 6.07) is 10.4. The smallest absolute Gasteiger partial charge is 0.333 e. The second-order valence-electron chi connectivity index (χ2n) is 6.25. The molecular weight excluding hydrogens is 250 g/mol. The average molecular weight is 276 g/mol. The molecule has 0 bridgehead atoms. The molecule has 0 amide bonds. The molecule has 0 spiro atoms. The maximum Gasteiger partial charge on any atom is 0.333 e. The molecule has 20 heavy (non-hydrogen) atoms. The van der Waals surface area contributed by atoms with Crippen molar-refractivity contribution in [1.82, 2.24) is 0 Å². The second kappa shape index (κ2) is 6.23. The first-order valence-corrected chi connectivity index (χ1v) is 6.90. The van der Waals surface area contributed by atoms with Gasteiger partial charge < -0.3 is 9.22 Å². The average Bonchev–Trinajstić information content (AvgIpc) is 2.39. The summed E-state index contributed by atoms with van der Waals surface area (Å²) in [6.45, 7) is 10.8. The van der Waals surface area contributed by atoms with Gasteiger partial charge in [0.05, 0.1) is 14.1 Å². The van der Waals surface area contributed by atoms with Crippen molar-refractivity contribution < 1.29 is 14.0 Å². The number of nitrogens with zero attached hydrogens (tertiary/aromatic N) is 1. The van der Waals surface area contributed by atoms with E-state index in [-0.39, 0.29) is 11.5 Å². The number of rotatable bonds is 6. The highest BCUT2D eigenvalue weighted by atomic mass is 16.5. The molecule has 0 atom stereocenters. The van der Waals surface area contributed by atoms with Gasteiger partial charge in [-0.15, -0.1) is 0 Å². The monoisotopic (exact) mass is 276 g/mol. The zero-order valence-corrected chi connectivity index (χ0v) is 13.3. The van der Waals surface area contributed by atoms with Gasteiger partial charge in [-0.2, -0.15) is 0 Å². The van der Waals surface area contributed by atoms with Crippen molar-refractivity contribution in [2.24, 2.45) is 0 Å². The number of carbonyl (C=O) groups excluding carboxylic acids is 1. The summed E-state index contributed by atoms with van der Waals surface area (Å²) in [5.41, 5.74) is 1.66. The number of ether oxygens (including phenoxy) is 1. The van der Waals surface area contributed by atoms with Crippen molar-refractivity contribution in [3.05, 3.63) is 48.0 Å². The summed E-state index contributed by atoms with van der Waals surface area (Å²) in [5.74, 6) is -0.317. The Morgan fingerprint density at radius 3 is 2.30 bits per heavy atom. The first-order valence-electron chi connectivity index (χ1n) is 6.90. The molecule has 0 saturated heterocycles. The van der Waals surface area contributed by atoms with Gasteiger partial charge in [0.1, 0.15) is 18.7 Å². The van der Waals surface area contributed by atoms with Crippen LogP contribution in [-0.2, 0) is 15.1 Å². The van der Waals surface area contributed by atoms with E-state index in [1.807, 2.05) is 6.07 Å². The van der Waals surface area contributed by atoms with Gasteiger partial charge in [-0.25, -0.2) is 4.79 Å². The third kappa shape index (κ3) is 3.70. The Kier molecular flexibility index (Phi) is 5.12. The molecule has 0 radical (unpaired) electrons. The lowest BCUT2D eigenvalue weighted by molar-refractivity contribution is -0.945. The van der Waals surface area contributed by atoms with E-state index in [1.165, 1.54) is 5.56 Å². The van der Waals surface area contributed by atoms with E-state index >= 15 is 0 Å².